The van der Waals surface area contributed by atoms with Gasteiger partial charge < -0.3 is 19.9 Å². The maximum Gasteiger partial charge on any atom is 0.193 e. The number of ether oxygens (including phenoxy) is 1. The Morgan fingerprint density at radius 2 is 1.85 bits per heavy atom. The lowest BCUT2D eigenvalue weighted by Gasteiger charge is -2.24. The van der Waals surface area contributed by atoms with Gasteiger partial charge in [-0.25, -0.2) is 0 Å². The number of anilines is 1. The maximum atomic E-state index is 5.78. The third-order valence-corrected chi connectivity index (χ3v) is 4.97. The summed E-state index contributed by atoms with van der Waals surface area (Å²) >= 11 is 0. The molecule has 2 aromatic carbocycles. The van der Waals surface area contributed by atoms with Crippen molar-refractivity contribution < 1.29 is 4.74 Å². The number of rotatable bonds is 7. The lowest BCUT2D eigenvalue weighted by Crippen LogP contribution is -2.43. The SMILES string of the molecule is CN=C(NCC1CCN(c2ccccc2)C1)N(C)CCOc1ccccc1. The van der Waals surface area contributed by atoms with E-state index in [0.717, 1.165) is 37.9 Å². The molecule has 0 spiro atoms. The number of nitrogens with zero attached hydrogens (tertiary/aromatic N) is 3. The second-order valence-electron chi connectivity index (χ2n) is 6.95. The molecule has 0 bridgehead atoms. The predicted molar refractivity (Wildman–Crippen MR) is 113 cm³/mol. The minimum Gasteiger partial charge on any atom is -0.492 e. The highest BCUT2D eigenvalue weighted by atomic mass is 16.5. The number of para-hydroxylation sites is 2. The minimum absolute atomic E-state index is 0.631. The fourth-order valence-corrected chi connectivity index (χ4v) is 3.42. The summed E-state index contributed by atoms with van der Waals surface area (Å²) < 4.78 is 5.78. The summed E-state index contributed by atoms with van der Waals surface area (Å²) in [4.78, 5) is 9.00. The molecular weight excluding hydrogens is 336 g/mol. The van der Waals surface area contributed by atoms with Crippen LogP contribution in [0.25, 0.3) is 0 Å². The largest absolute Gasteiger partial charge is 0.492 e. The van der Waals surface area contributed by atoms with E-state index in [0.29, 0.717) is 12.5 Å². The number of aliphatic imine (C=N–C) groups is 1. The summed E-state index contributed by atoms with van der Waals surface area (Å²) in [5.41, 5.74) is 1.32. The number of hydrogen-bond donors (Lipinski definition) is 1. The first-order valence-corrected chi connectivity index (χ1v) is 9.66. The third-order valence-electron chi connectivity index (χ3n) is 4.97. The second kappa shape index (κ2) is 9.86. The van der Waals surface area contributed by atoms with Gasteiger partial charge in [0.05, 0.1) is 6.54 Å². The average Bonchev–Trinajstić information content (AvgIpc) is 3.19. The van der Waals surface area contributed by atoms with Crippen molar-refractivity contribution in [1.82, 2.24) is 10.2 Å². The molecule has 1 atom stereocenters. The highest BCUT2D eigenvalue weighted by Crippen LogP contribution is 2.22. The van der Waals surface area contributed by atoms with Crippen LogP contribution in [0.4, 0.5) is 5.69 Å². The van der Waals surface area contributed by atoms with Crippen LogP contribution in [0.3, 0.4) is 0 Å². The van der Waals surface area contributed by atoms with Gasteiger partial charge in [0.2, 0.25) is 0 Å². The molecule has 1 N–H and O–H groups in total. The van der Waals surface area contributed by atoms with Crippen LogP contribution in [0.5, 0.6) is 5.75 Å². The Labute approximate surface area is 162 Å². The van der Waals surface area contributed by atoms with Crippen molar-refractivity contribution in [2.75, 3.05) is 51.8 Å². The first-order chi connectivity index (χ1) is 13.3. The third kappa shape index (κ3) is 5.64. The Bertz CT molecular complexity index is 705. The van der Waals surface area contributed by atoms with E-state index in [9.17, 15) is 0 Å². The lowest BCUT2D eigenvalue weighted by molar-refractivity contribution is 0.281. The molecule has 1 unspecified atom stereocenters. The summed E-state index contributed by atoms with van der Waals surface area (Å²) in [5.74, 6) is 2.46. The van der Waals surface area contributed by atoms with Crippen LogP contribution < -0.4 is 15.0 Å². The zero-order valence-corrected chi connectivity index (χ0v) is 16.3. The first-order valence-electron chi connectivity index (χ1n) is 9.66. The Balaban J connectivity index is 1.40. The topological polar surface area (TPSA) is 40.1 Å². The highest BCUT2D eigenvalue weighted by Gasteiger charge is 2.23. The van der Waals surface area contributed by atoms with Crippen molar-refractivity contribution in [3.63, 3.8) is 0 Å². The molecule has 2 aromatic rings. The molecule has 144 valence electrons. The normalized spacial score (nSPS) is 17.0. The van der Waals surface area contributed by atoms with Crippen LogP contribution in [-0.4, -0.2) is 57.7 Å². The summed E-state index contributed by atoms with van der Waals surface area (Å²) in [6, 6.07) is 20.6. The van der Waals surface area contributed by atoms with Gasteiger partial charge in [-0.15, -0.1) is 0 Å². The Morgan fingerprint density at radius 1 is 1.15 bits per heavy atom. The van der Waals surface area contributed by atoms with Gasteiger partial charge in [-0.1, -0.05) is 36.4 Å². The molecule has 0 saturated carbocycles. The van der Waals surface area contributed by atoms with Gasteiger partial charge in [-0.2, -0.15) is 0 Å². The molecule has 1 fully saturated rings. The van der Waals surface area contributed by atoms with Crippen LogP contribution in [0.15, 0.2) is 65.7 Å². The molecule has 1 aliphatic heterocycles. The molecule has 0 aromatic heterocycles. The van der Waals surface area contributed by atoms with Gasteiger partial charge in [0, 0.05) is 39.4 Å². The molecule has 5 heteroatoms. The number of benzene rings is 2. The number of guanidine groups is 1. The average molecular weight is 367 g/mol. The Hall–Kier alpha value is -2.69. The smallest absolute Gasteiger partial charge is 0.193 e. The van der Waals surface area contributed by atoms with Crippen molar-refractivity contribution in [3.8, 4) is 5.75 Å². The van der Waals surface area contributed by atoms with Gasteiger partial charge in [0.1, 0.15) is 12.4 Å². The zero-order valence-electron chi connectivity index (χ0n) is 16.3. The van der Waals surface area contributed by atoms with Crippen molar-refractivity contribution in [2.45, 2.75) is 6.42 Å². The fourth-order valence-electron chi connectivity index (χ4n) is 3.42. The minimum atomic E-state index is 0.631. The predicted octanol–water partition coefficient (Wildman–Crippen LogP) is 3.10. The molecule has 0 aliphatic carbocycles. The summed E-state index contributed by atoms with van der Waals surface area (Å²) in [6.45, 7) is 4.58. The number of nitrogens with one attached hydrogen (secondary N) is 1. The molecule has 3 rings (SSSR count). The van der Waals surface area contributed by atoms with Crippen molar-refractivity contribution in [1.29, 1.82) is 0 Å². The van der Waals surface area contributed by atoms with Gasteiger partial charge in [-0.3, -0.25) is 4.99 Å². The Kier molecular flexibility index (Phi) is 6.97. The highest BCUT2D eigenvalue weighted by molar-refractivity contribution is 5.79. The van der Waals surface area contributed by atoms with Crippen LogP contribution in [0, 0.1) is 5.92 Å². The molecular formula is C22H30N4O. The number of likely N-dealkylation sites (N-methyl/N-ethyl adjacent to an activating group) is 1. The van der Waals surface area contributed by atoms with E-state index in [1.807, 2.05) is 37.4 Å². The molecule has 0 amide bonds. The summed E-state index contributed by atoms with van der Waals surface area (Å²) in [7, 11) is 3.89. The van der Waals surface area contributed by atoms with E-state index < -0.39 is 0 Å². The van der Waals surface area contributed by atoms with Crippen LogP contribution in [0.1, 0.15) is 6.42 Å². The fraction of sp³-hybridized carbons (Fsp3) is 0.409. The summed E-state index contributed by atoms with van der Waals surface area (Å²) in [5, 5.41) is 3.53. The van der Waals surface area contributed by atoms with Crippen LogP contribution >= 0.6 is 0 Å². The van der Waals surface area contributed by atoms with Crippen LogP contribution in [0.2, 0.25) is 0 Å². The van der Waals surface area contributed by atoms with E-state index in [2.05, 4.69) is 57.5 Å². The molecule has 1 saturated heterocycles. The number of hydrogen-bond acceptors (Lipinski definition) is 3. The van der Waals surface area contributed by atoms with E-state index in [1.165, 1.54) is 12.1 Å². The molecule has 27 heavy (non-hydrogen) atoms. The molecule has 1 heterocycles. The van der Waals surface area contributed by atoms with E-state index in [1.54, 1.807) is 0 Å². The Morgan fingerprint density at radius 3 is 2.56 bits per heavy atom. The van der Waals surface area contributed by atoms with Gasteiger partial charge in [-0.05, 0) is 36.6 Å². The quantitative estimate of drug-likeness (QED) is 0.604. The van der Waals surface area contributed by atoms with Gasteiger partial charge >= 0.3 is 0 Å². The lowest BCUT2D eigenvalue weighted by atomic mass is 10.1. The standard InChI is InChI=1S/C22H30N4O/c1-23-22(25(2)15-16-27-21-11-7-4-8-12-21)24-17-19-13-14-26(18-19)20-9-5-3-6-10-20/h3-12,19H,13-18H2,1-2H3,(H,23,24). The van der Waals surface area contributed by atoms with Crippen molar-refractivity contribution in [2.24, 2.45) is 10.9 Å². The van der Waals surface area contributed by atoms with E-state index in [-0.39, 0.29) is 0 Å². The first kappa shape index (κ1) is 19.1. The van der Waals surface area contributed by atoms with E-state index in [4.69, 9.17) is 4.74 Å². The van der Waals surface area contributed by atoms with Crippen molar-refractivity contribution >= 4 is 11.6 Å². The second-order valence-corrected chi connectivity index (χ2v) is 6.95. The molecule has 5 nitrogen and oxygen atoms in total. The summed E-state index contributed by atoms with van der Waals surface area (Å²) in [6.07, 6.45) is 1.21. The van der Waals surface area contributed by atoms with Gasteiger partial charge in [0.25, 0.3) is 0 Å². The van der Waals surface area contributed by atoms with Gasteiger partial charge in [0.15, 0.2) is 5.96 Å². The van der Waals surface area contributed by atoms with Crippen LogP contribution in [-0.2, 0) is 0 Å². The molecule has 0 radical (unpaired) electrons. The van der Waals surface area contributed by atoms with Crippen molar-refractivity contribution in [3.05, 3.63) is 60.7 Å². The monoisotopic (exact) mass is 366 g/mol. The zero-order chi connectivity index (χ0) is 18.9. The molecule has 1 aliphatic rings. The van der Waals surface area contributed by atoms with E-state index >= 15 is 0 Å². The maximum absolute atomic E-state index is 5.78.